The SMILES string of the molecule is CC1COC(C)(C)c2nc3c(N4CC5CC4C5)nc(-c4cnc(N)nc4)nc3n21. The van der Waals surface area contributed by atoms with Gasteiger partial charge in [-0.15, -0.1) is 0 Å². The van der Waals surface area contributed by atoms with E-state index in [-0.39, 0.29) is 12.0 Å². The van der Waals surface area contributed by atoms with Crippen LogP contribution >= 0.6 is 0 Å². The zero-order chi connectivity index (χ0) is 19.9. The second kappa shape index (κ2) is 5.63. The molecule has 2 saturated heterocycles. The van der Waals surface area contributed by atoms with Crippen molar-refractivity contribution in [3.63, 3.8) is 0 Å². The van der Waals surface area contributed by atoms with E-state index in [4.69, 9.17) is 25.4 Å². The second-order valence-electron chi connectivity index (χ2n) is 8.99. The Morgan fingerprint density at radius 1 is 1.14 bits per heavy atom. The van der Waals surface area contributed by atoms with E-state index in [1.165, 1.54) is 12.8 Å². The number of nitrogens with two attached hydrogens (primary N) is 1. The molecular weight excluding hydrogens is 368 g/mol. The zero-order valence-corrected chi connectivity index (χ0v) is 16.8. The van der Waals surface area contributed by atoms with E-state index in [1.807, 2.05) is 0 Å². The van der Waals surface area contributed by atoms with Crippen molar-refractivity contribution in [2.24, 2.45) is 5.92 Å². The summed E-state index contributed by atoms with van der Waals surface area (Å²) in [6, 6.07) is 0.697. The first-order chi connectivity index (χ1) is 13.9. The molecule has 9 heteroatoms. The van der Waals surface area contributed by atoms with E-state index in [1.54, 1.807) is 12.4 Å². The molecule has 0 radical (unpaired) electrons. The number of imidazole rings is 1. The average molecular weight is 392 g/mol. The van der Waals surface area contributed by atoms with Gasteiger partial charge in [-0.05, 0) is 39.5 Å². The Labute approximate surface area is 168 Å². The van der Waals surface area contributed by atoms with Gasteiger partial charge in [0.05, 0.1) is 18.2 Å². The molecule has 0 amide bonds. The van der Waals surface area contributed by atoms with Gasteiger partial charge in [0.2, 0.25) is 5.95 Å². The van der Waals surface area contributed by atoms with Crippen molar-refractivity contribution < 1.29 is 4.74 Å². The highest BCUT2D eigenvalue weighted by atomic mass is 16.5. The fraction of sp³-hybridized carbons (Fsp3) is 0.550. The molecule has 4 aliphatic rings. The first kappa shape index (κ1) is 17.1. The predicted octanol–water partition coefficient (Wildman–Crippen LogP) is 2.29. The van der Waals surface area contributed by atoms with Gasteiger partial charge in [0.1, 0.15) is 11.4 Å². The maximum atomic E-state index is 6.08. The quantitative estimate of drug-likeness (QED) is 0.708. The number of nitrogens with zero attached hydrogens (tertiary/aromatic N) is 7. The van der Waals surface area contributed by atoms with Crippen molar-refractivity contribution in [2.75, 3.05) is 23.8 Å². The topological polar surface area (TPSA) is 108 Å². The largest absolute Gasteiger partial charge is 0.368 e. The molecule has 3 aromatic heterocycles. The maximum Gasteiger partial charge on any atom is 0.219 e. The number of rotatable bonds is 2. The van der Waals surface area contributed by atoms with Crippen LogP contribution in [0, 0.1) is 5.92 Å². The molecule has 3 aromatic rings. The van der Waals surface area contributed by atoms with Gasteiger partial charge in [0.25, 0.3) is 0 Å². The minimum atomic E-state index is -0.470. The lowest BCUT2D eigenvalue weighted by atomic mass is 9.86. The van der Waals surface area contributed by atoms with Crippen molar-refractivity contribution in [1.82, 2.24) is 29.5 Å². The number of aromatic nitrogens is 6. The molecule has 7 rings (SSSR count). The molecule has 1 unspecified atom stereocenters. The lowest BCUT2D eigenvalue weighted by Gasteiger charge is -2.34. The van der Waals surface area contributed by atoms with E-state index < -0.39 is 5.60 Å². The van der Waals surface area contributed by atoms with E-state index >= 15 is 0 Å². The Hall–Kier alpha value is -2.81. The van der Waals surface area contributed by atoms with Crippen molar-refractivity contribution >= 4 is 22.9 Å². The number of hydrogen-bond acceptors (Lipinski definition) is 8. The molecule has 0 aromatic carbocycles. The van der Waals surface area contributed by atoms with Crippen molar-refractivity contribution in [3.8, 4) is 11.4 Å². The van der Waals surface area contributed by atoms with Crippen molar-refractivity contribution in [3.05, 3.63) is 18.2 Å². The summed E-state index contributed by atoms with van der Waals surface area (Å²) in [7, 11) is 0. The van der Waals surface area contributed by atoms with Crippen LogP contribution in [0.15, 0.2) is 12.4 Å². The number of ether oxygens (including phenoxy) is 1. The van der Waals surface area contributed by atoms with Gasteiger partial charge in [-0.3, -0.25) is 0 Å². The number of hydrogen-bond donors (Lipinski definition) is 1. The Kier molecular flexibility index (Phi) is 3.31. The summed E-state index contributed by atoms with van der Waals surface area (Å²) in [4.78, 5) is 25.6. The predicted molar refractivity (Wildman–Crippen MR) is 108 cm³/mol. The molecule has 150 valence electrons. The zero-order valence-electron chi connectivity index (χ0n) is 16.8. The Bertz CT molecular complexity index is 1120. The summed E-state index contributed by atoms with van der Waals surface area (Å²) in [6.07, 6.45) is 5.84. The van der Waals surface area contributed by atoms with Crippen LogP contribution in [-0.2, 0) is 10.3 Å². The normalized spacial score (nSPS) is 27.1. The Morgan fingerprint density at radius 3 is 2.59 bits per heavy atom. The lowest BCUT2D eigenvalue weighted by Crippen LogP contribution is -2.35. The molecule has 9 nitrogen and oxygen atoms in total. The smallest absolute Gasteiger partial charge is 0.219 e. The summed E-state index contributed by atoms with van der Waals surface area (Å²) >= 11 is 0. The van der Waals surface area contributed by atoms with Crippen molar-refractivity contribution in [2.45, 2.75) is 51.3 Å². The molecule has 1 atom stereocenters. The summed E-state index contributed by atoms with van der Waals surface area (Å²) in [6.45, 7) is 7.92. The van der Waals surface area contributed by atoms with E-state index in [0.717, 1.165) is 40.8 Å². The van der Waals surface area contributed by atoms with Crippen molar-refractivity contribution in [1.29, 1.82) is 0 Å². The second-order valence-corrected chi connectivity index (χ2v) is 8.99. The third-order valence-corrected chi connectivity index (χ3v) is 6.49. The molecule has 1 aliphatic carbocycles. The molecule has 29 heavy (non-hydrogen) atoms. The van der Waals surface area contributed by atoms with Crippen LogP contribution in [0.2, 0.25) is 0 Å². The third kappa shape index (κ3) is 2.40. The molecule has 1 saturated carbocycles. The fourth-order valence-electron chi connectivity index (χ4n) is 4.84. The summed E-state index contributed by atoms with van der Waals surface area (Å²) in [5.41, 5.74) is 7.67. The van der Waals surface area contributed by atoms with Crippen LogP contribution in [-0.4, -0.2) is 48.7 Å². The minimum absolute atomic E-state index is 0.147. The van der Waals surface area contributed by atoms with Crippen LogP contribution in [0.25, 0.3) is 22.6 Å². The highest BCUT2D eigenvalue weighted by molar-refractivity contribution is 5.87. The van der Waals surface area contributed by atoms with E-state index in [0.29, 0.717) is 18.5 Å². The van der Waals surface area contributed by atoms with Gasteiger partial charge in [0, 0.05) is 25.0 Å². The standard InChI is InChI=1S/C20H24N8O/c1-10-9-29-20(2,3)18-24-14-16(27-8-11-4-13(27)5-11)25-15(26-17(14)28(10)18)12-6-22-19(21)23-7-12/h6-7,10-11,13H,4-5,8-9H2,1-3H3,(H2,21,22,23). The van der Waals surface area contributed by atoms with Crippen LogP contribution in [0.5, 0.6) is 0 Å². The third-order valence-electron chi connectivity index (χ3n) is 6.49. The fourth-order valence-corrected chi connectivity index (χ4v) is 4.84. The number of nitrogen functional groups attached to an aromatic ring is 1. The van der Waals surface area contributed by atoms with Crippen LogP contribution in [0.1, 0.15) is 45.5 Å². The Morgan fingerprint density at radius 2 is 1.90 bits per heavy atom. The van der Waals surface area contributed by atoms with Crippen LogP contribution in [0.3, 0.4) is 0 Å². The number of fused-ring (bicyclic) bond motifs is 4. The minimum Gasteiger partial charge on any atom is -0.368 e. The highest BCUT2D eigenvalue weighted by Gasteiger charge is 2.45. The maximum absolute atomic E-state index is 6.08. The molecule has 3 fully saturated rings. The van der Waals surface area contributed by atoms with Gasteiger partial charge in [0.15, 0.2) is 22.8 Å². The molecule has 2 bridgehead atoms. The average Bonchev–Trinajstić information content (AvgIpc) is 3.37. The Balaban J connectivity index is 1.62. The molecule has 2 N–H and O–H groups in total. The van der Waals surface area contributed by atoms with E-state index in [9.17, 15) is 0 Å². The lowest BCUT2D eigenvalue weighted by molar-refractivity contribution is -0.0655. The highest BCUT2D eigenvalue weighted by Crippen LogP contribution is 2.45. The first-order valence-electron chi connectivity index (χ1n) is 10.2. The van der Waals surface area contributed by atoms with Gasteiger partial charge in [-0.1, -0.05) is 0 Å². The van der Waals surface area contributed by atoms with Crippen LogP contribution in [0.4, 0.5) is 11.8 Å². The molecule has 6 heterocycles. The first-order valence-corrected chi connectivity index (χ1v) is 10.2. The summed E-state index contributed by atoms with van der Waals surface area (Å²) < 4.78 is 8.29. The summed E-state index contributed by atoms with van der Waals surface area (Å²) in [5, 5.41) is 0. The monoisotopic (exact) mass is 392 g/mol. The molecular formula is C20H24N8O. The molecule has 0 spiro atoms. The van der Waals surface area contributed by atoms with E-state index in [2.05, 4.69) is 40.2 Å². The molecule has 3 aliphatic heterocycles. The summed E-state index contributed by atoms with van der Waals surface area (Å²) in [5.74, 6) is 3.43. The van der Waals surface area contributed by atoms with Gasteiger partial charge in [-0.2, -0.15) is 0 Å². The van der Waals surface area contributed by atoms with Crippen LogP contribution < -0.4 is 10.6 Å². The number of anilines is 2. The van der Waals surface area contributed by atoms with Gasteiger partial charge >= 0.3 is 0 Å². The van der Waals surface area contributed by atoms with Gasteiger partial charge in [-0.25, -0.2) is 24.9 Å². The van der Waals surface area contributed by atoms with Gasteiger partial charge < -0.3 is 19.9 Å².